The van der Waals surface area contributed by atoms with E-state index in [-0.39, 0.29) is 12.2 Å². The number of benzene rings is 1. The minimum absolute atomic E-state index is 0.0500. The highest BCUT2D eigenvalue weighted by molar-refractivity contribution is 5.96. The van der Waals surface area contributed by atoms with E-state index in [1.165, 1.54) is 24.3 Å². The zero-order valence-electron chi connectivity index (χ0n) is 7.49. The smallest absolute Gasteiger partial charge is 0.362 e. The lowest BCUT2D eigenvalue weighted by Gasteiger charge is -1.90. The first kappa shape index (κ1) is 9.39. The molecule has 1 aromatic heterocycles. The van der Waals surface area contributed by atoms with Crippen LogP contribution in [0.3, 0.4) is 0 Å². The second-order valence-electron chi connectivity index (χ2n) is 2.92. The maximum absolute atomic E-state index is 12.8. The lowest BCUT2D eigenvalue weighted by Crippen LogP contribution is -2.03. The van der Waals surface area contributed by atoms with Crippen molar-refractivity contribution in [3.63, 3.8) is 0 Å². The fourth-order valence-corrected chi connectivity index (χ4v) is 1.32. The van der Waals surface area contributed by atoms with Gasteiger partial charge in [0.05, 0.1) is 0 Å². The van der Waals surface area contributed by atoms with Gasteiger partial charge >= 0.3 is 12.4 Å². The van der Waals surface area contributed by atoms with Crippen molar-refractivity contribution in [2.75, 3.05) is 0 Å². The van der Waals surface area contributed by atoms with Crippen LogP contribution in [0.15, 0.2) is 24.3 Å². The third-order valence-corrected chi connectivity index (χ3v) is 1.96. The number of carbonyl (C=O) groups excluding carboxylic acids is 2. The first-order valence-electron chi connectivity index (χ1n) is 4.13. The fourth-order valence-electron chi connectivity index (χ4n) is 1.32. The summed E-state index contributed by atoms with van der Waals surface area (Å²) in [7, 11) is 0. The molecular formula is C10H6FNO3. The summed E-state index contributed by atoms with van der Waals surface area (Å²) < 4.78 is 17.0. The average molecular weight is 207 g/mol. The van der Waals surface area contributed by atoms with Crippen molar-refractivity contribution in [2.24, 2.45) is 0 Å². The number of ether oxygens (including phenoxy) is 1. The number of carbonyl (C=O) groups is 2. The molecule has 15 heavy (non-hydrogen) atoms. The molecule has 0 aliphatic rings. The van der Waals surface area contributed by atoms with E-state index >= 15 is 0 Å². The monoisotopic (exact) mass is 207 g/mol. The fraction of sp³-hybridized carbons (Fsp3) is 0. The first-order valence-corrected chi connectivity index (χ1v) is 4.13. The molecule has 0 aliphatic carbocycles. The minimum Gasteiger partial charge on any atom is -0.391 e. The number of fused-ring (bicyclic) bond motifs is 1. The summed E-state index contributed by atoms with van der Waals surface area (Å²) in [5, 5.41) is 0.549. The topological polar surface area (TPSA) is 59.2 Å². The second kappa shape index (κ2) is 3.53. The summed E-state index contributed by atoms with van der Waals surface area (Å²) in [6.45, 7) is 0.0500. The van der Waals surface area contributed by atoms with E-state index in [0.717, 1.165) is 0 Å². The van der Waals surface area contributed by atoms with Crippen LogP contribution in [0.1, 0.15) is 10.5 Å². The zero-order valence-corrected chi connectivity index (χ0v) is 7.49. The van der Waals surface area contributed by atoms with Crippen molar-refractivity contribution < 1.29 is 18.7 Å². The summed E-state index contributed by atoms with van der Waals surface area (Å²) in [6, 6.07) is 5.48. The van der Waals surface area contributed by atoms with Crippen LogP contribution in [-0.2, 0) is 9.53 Å². The van der Waals surface area contributed by atoms with Crippen LogP contribution in [0, 0.1) is 5.82 Å². The second-order valence-corrected chi connectivity index (χ2v) is 2.92. The van der Waals surface area contributed by atoms with E-state index in [0.29, 0.717) is 10.9 Å². The van der Waals surface area contributed by atoms with Crippen molar-refractivity contribution in [3.8, 4) is 0 Å². The molecule has 0 saturated heterocycles. The third-order valence-electron chi connectivity index (χ3n) is 1.96. The van der Waals surface area contributed by atoms with Gasteiger partial charge in [-0.05, 0) is 24.3 Å². The molecule has 2 rings (SSSR count). The molecule has 4 nitrogen and oxygen atoms in total. The quantitative estimate of drug-likeness (QED) is 0.462. The highest BCUT2D eigenvalue weighted by Gasteiger charge is 2.10. The largest absolute Gasteiger partial charge is 0.391 e. The van der Waals surface area contributed by atoms with Crippen molar-refractivity contribution >= 4 is 23.3 Å². The first-order chi connectivity index (χ1) is 7.20. The molecule has 0 fully saturated rings. The van der Waals surface area contributed by atoms with E-state index in [9.17, 15) is 14.0 Å². The van der Waals surface area contributed by atoms with Crippen LogP contribution in [0.5, 0.6) is 0 Å². The van der Waals surface area contributed by atoms with Crippen molar-refractivity contribution in [3.05, 3.63) is 35.8 Å². The Morgan fingerprint density at radius 1 is 1.40 bits per heavy atom. The Bertz CT molecular complexity index is 532. The number of H-pyrrole nitrogens is 1. The van der Waals surface area contributed by atoms with Gasteiger partial charge in [-0.15, -0.1) is 0 Å². The number of nitrogens with one attached hydrogen (secondary N) is 1. The zero-order chi connectivity index (χ0) is 10.8. The van der Waals surface area contributed by atoms with Crippen molar-refractivity contribution in [2.45, 2.75) is 0 Å². The average Bonchev–Trinajstić information content (AvgIpc) is 2.60. The standard InChI is InChI=1S/C10H6FNO3/c11-7-1-2-8-6(3-7)4-9(12-8)10(14)15-5-13/h1-5,12H. The number of esters is 1. The van der Waals surface area contributed by atoms with Crippen LogP contribution < -0.4 is 0 Å². The van der Waals surface area contributed by atoms with Crippen molar-refractivity contribution in [1.82, 2.24) is 4.98 Å². The molecule has 1 aromatic carbocycles. The van der Waals surface area contributed by atoms with E-state index in [4.69, 9.17) is 0 Å². The van der Waals surface area contributed by atoms with Crippen LogP contribution in [-0.4, -0.2) is 17.4 Å². The highest BCUT2D eigenvalue weighted by Crippen LogP contribution is 2.16. The Morgan fingerprint density at radius 2 is 2.20 bits per heavy atom. The SMILES string of the molecule is O=COC(=O)c1cc2cc(F)ccc2[nH]1. The maximum Gasteiger partial charge on any atom is 0.362 e. The summed E-state index contributed by atoms with van der Waals surface area (Å²) in [5.41, 5.74) is 0.719. The molecule has 0 bridgehead atoms. The maximum atomic E-state index is 12.8. The Hall–Kier alpha value is -2.17. The molecular weight excluding hydrogens is 201 g/mol. The number of halogens is 1. The number of rotatable bonds is 2. The van der Waals surface area contributed by atoms with E-state index in [2.05, 4.69) is 9.72 Å². The van der Waals surface area contributed by atoms with Crippen LogP contribution >= 0.6 is 0 Å². The Balaban J connectivity index is 2.47. The summed E-state index contributed by atoms with van der Waals surface area (Å²) in [5.74, 6) is -1.18. The molecule has 0 radical (unpaired) electrons. The predicted octanol–water partition coefficient (Wildman–Crippen LogP) is 1.62. The van der Waals surface area contributed by atoms with Gasteiger partial charge in [0.25, 0.3) is 0 Å². The van der Waals surface area contributed by atoms with E-state index < -0.39 is 11.8 Å². The molecule has 2 aromatic rings. The van der Waals surface area contributed by atoms with E-state index in [1.807, 2.05) is 0 Å². The lowest BCUT2D eigenvalue weighted by atomic mass is 10.2. The molecule has 76 valence electrons. The Kier molecular flexibility index (Phi) is 2.21. The van der Waals surface area contributed by atoms with Gasteiger partial charge in [-0.2, -0.15) is 0 Å². The van der Waals surface area contributed by atoms with Gasteiger partial charge in [0.2, 0.25) is 0 Å². The molecule has 0 unspecified atom stereocenters. The summed E-state index contributed by atoms with van der Waals surface area (Å²) in [4.78, 5) is 23.8. The van der Waals surface area contributed by atoms with Gasteiger partial charge in [0.15, 0.2) is 0 Å². The van der Waals surface area contributed by atoms with E-state index in [1.54, 1.807) is 0 Å². The van der Waals surface area contributed by atoms with Crippen molar-refractivity contribution in [1.29, 1.82) is 0 Å². The molecule has 0 aliphatic heterocycles. The highest BCUT2D eigenvalue weighted by atomic mass is 19.1. The Labute approximate surface area is 83.7 Å². The van der Waals surface area contributed by atoms with Gasteiger partial charge in [-0.3, -0.25) is 4.79 Å². The third kappa shape index (κ3) is 1.71. The van der Waals surface area contributed by atoms with Crippen LogP contribution in [0.25, 0.3) is 10.9 Å². The van der Waals surface area contributed by atoms with Gasteiger partial charge in [0, 0.05) is 10.9 Å². The van der Waals surface area contributed by atoms with Gasteiger partial charge in [0.1, 0.15) is 11.5 Å². The van der Waals surface area contributed by atoms with Gasteiger partial charge < -0.3 is 9.72 Å². The minimum atomic E-state index is -0.790. The summed E-state index contributed by atoms with van der Waals surface area (Å²) in [6.07, 6.45) is 0. The van der Waals surface area contributed by atoms with Crippen LogP contribution in [0.2, 0.25) is 0 Å². The summed E-state index contributed by atoms with van der Waals surface area (Å²) >= 11 is 0. The van der Waals surface area contributed by atoms with Crippen LogP contribution in [0.4, 0.5) is 4.39 Å². The molecule has 1 heterocycles. The molecule has 0 saturated carbocycles. The molecule has 5 heteroatoms. The molecule has 0 atom stereocenters. The lowest BCUT2D eigenvalue weighted by molar-refractivity contribution is -0.123. The number of aromatic nitrogens is 1. The van der Waals surface area contributed by atoms with Gasteiger partial charge in [-0.1, -0.05) is 0 Å². The molecule has 0 amide bonds. The molecule has 0 spiro atoms. The number of hydrogen-bond acceptors (Lipinski definition) is 3. The predicted molar refractivity (Wildman–Crippen MR) is 49.7 cm³/mol. The molecule has 1 N–H and O–H groups in total. The Morgan fingerprint density at radius 3 is 2.93 bits per heavy atom. The number of hydrogen-bond donors (Lipinski definition) is 1. The normalized spacial score (nSPS) is 10.2. The van der Waals surface area contributed by atoms with Gasteiger partial charge in [-0.25, -0.2) is 9.18 Å². The number of aromatic amines is 1.